The van der Waals surface area contributed by atoms with E-state index in [0.29, 0.717) is 15.7 Å². The third-order valence-corrected chi connectivity index (χ3v) is 5.03. The molecule has 4 rings (SSSR count). The molecule has 7 heteroatoms. The molecule has 0 spiro atoms. The zero-order chi connectivity index (χ0) is 19.8. The molecule has 2 heterocycles. The molecule has 0 unspecified atom stereocenters. The summed E-state index contributed by atoms with van der Waals surface area (Å²) in [5.41, 5.74) is 2.01. The SMILES string of the molecule is Cc1ccn2c(NC(=O)c3ccccc3Br)c(-c3cccc(F)c3F)nc2c1. The van der Waals surface area contributed by atoms with Crippen molar-refractivity contribution >= 4 is 33.3 Å². The Kier molecular flexibility index (Phi) is 4.68. The summed E-state index contributed by atoms with van der Waals surface area (Å²) in [6.07, 6.45) is 1.73. The highest BCUT2D eigenvalue weighted by Crippen LogP contribution is 2.32. The lowest BCUT2D eigenvalue weighted by atomic mass is 10.1. The molecule has 0 saturated carbocycles. The van der Waals surface area contributed by atoms with E-state index in [1.54, 1.807) is 40.9 Å². The molecule has 1 N–H and O–H groups in total. The van der Waals surface area contributed by atoms with Crippen molar-refractivity contribution in [2.45, 2.75) is 6.92 Å². The number of fused-ring (bicyclic) bond motifs is 1. The molecule has 140 valence electrons. The number of rotatable bonds is 3. The van der Waals surface area contributed by atoms with Gasteiger partial charge in [0.1, 0.15) is 17.2 Å². The zero-order valence-electron chi connectivity index (χ0n) is 14.7. The maximum atomic E-state index is 14.5. The number of anilines is 1. The molecule has 1 amide bonds. The molecule has 4 aromatic rings. The fourth-order valence-corrected chi connectivity index (χ4v) is 3.43. The molecule has 0 aliphatic heterocycles. The van der Waals surface area contributed by atoms with Gasteiger partial charge in [0, 0.05) is 16.2 Å². The van der Waals surface area contributed by atoms with E-state index >= 15 is 0 Å². The van der Waals surface area contributed by atoms with Crippen molar-refractivity contribution in [3.63, 3.8) is 0 Å². The molecular formula is C21H14BrF2N3O. The number of carbonyl (C=O) groups is 1. The maximum absolute atomic E-state index is 14.5. The van der Waals surface area contributed by atoms with Crippen LogP contribution in [0.5, 0.6) is 0 Å². The number of aryl methyl sites for hydroxylation is 1. The highest BCUT2D eigenvalue weighted by atomic mass is 79.9. The van der Waals surface area contributed by atoms with Gasteiger partial charge >= 0.3 is 0 Å². The number of amides is 1. The maximum Gasteiger partial charge on any atom is 0.257 e. The Morgan fingerprint density at radius 3 is 2.68 bits per heavy atom. The van der Waals surface area contributed by atoms with Crippen LogP contribution in [0.15, 0.2) is 65.3 Å². The van der Waals surface area contributed by atoms with Crippen molar-refractivity contribution in [2.24, 2.45) is 0 Å². The minimum Gasteiger partial charge on any atom is -0.306 e. The van der Waals surface area contributed by atoms with E-state index < -0.39 is 17.5 Å². The number of imidazole rings is 1. The molecule has 0 bridgehead atoms. The van der Waals surface area contributed by atoms with Crippen molar-refractivity contribution in [1.29, 1.82) is 0 Å². The highest BCUT2D eigenvalue weighted by Gasteiger charge is 2.21. The van der Waals surface area contributed by atoms with Crippen LogP contribution >= 0.6 is 15.9 Å². The molecule has 28 heavy (non-hydrogen) atoms. The largest absolute Gasteiger partial charge is 0.306 e. The first kappa shape index (κ1) is 18.3. The van der Waals surface area contributed by atoms with Crippen molar-refractivity contribution < 1.29 is 13.6 Å². The van der Waals surface area contributed by atoms with Gasteiger partial charge in [-0.3, -0.25) is 9.20 Å². The van der Waals surface area contributed by atoms with Crippen LogP contribution in [-0.4, -0.2) is 15.3 Å². The number of aromatic nitrogens is 2. The molecule has 2 aromatic carbocycles. The van der Waals surface area contributed by atoms with Crippen LogP contribution in [0, 0.1) is 18.6 Å². The average molecular weight is 442 g/mol. The quantitative estimate of drug-likeness (QED) is 0.449. The van der Waals surface area contributed by atoms with Crippen LogP contribution in [0.25, 0.3) is 16.9 Å². The Morgan fingerprint density at radius 2 is 1.89 bits per heavy atom. The minimum absolute atomic E-state index is 0.0243. The Morgan fingerprint density at radius 1 is 1.11 bits per heavy atom. The van der Waals surface area contributed by atoms with Gasteiger partial charge in [-0.25, -0.2) is 13.8 Å². The van der Waals surface area contributed by atoms with E-state index in [-0.39, 0.29) is 17.1 Å². The monoisotopic (exact) mass is 441 g/mol. The number of nitrogens with zero attached hydrogens (tertiary/aromatic N) is 2. The molecule has 0 radical (unpaired) electrons. The summed E-state index contributed by atoms with van der Waals surface area (Å²) >= 11 is 3.35. The van der Waals surface area contributed by atoms with E-state index in [2.05, 4.69) is 26.2 Å². The van der Waals surface area contributed by atoms with Gasteiger partial charge in [0.25, 0.3) is 5.91 Å². The fourth-order valence-electron chi connectivity index (χ4n) is 2.96. The third-order valence-electron chi connectivity index (χ3n) is 4.34. The van der Waals surface area contributed by atoms with Crippen molar-refractivity contribution in [3.8, 4) is 11.3 Å². The van der Waals surface area contributed by atoms with E-state index in [1.807, 2.05) is 13.0 Å². The van der Waals surface area contributed by atoms with Crippen LogP contribution in [0.3, 0.4) is 0 Å². The standard InChI is InChI=1S/C21H14BrF2N3O/c1-12-9-10-27-17(11-12)25-19(14-6-4-8-16(23)18(14)24)20(27)26-21(28)13-5-2-3-7-15(13)22/h2-11H,1H3,(H,26,28). The van der Waals surface area contributed by atoms with Crippen LogP contribution < -0.4 is 5.32 Å². The number of nitrogens with one attached hydrogen (secondary N) is 1. The Hall–Kier alpha value is -3.06. The number of halogens is 3. The zero-order valence-corrected chi connectivity index (χ0v) is 16.3. The summed E-state index contributed by atoms with van der Waals surface area (Å²) in [6, 6.07) is 14.5. The van der Waals surface area contributed by atoms with E-state index in [0.717, 1.165) is 11.6 Å². The average Bonchev–Trinajstić information content (AvgIpc) is 3.01. The first-order valence-corrected chi connectivity index (χ1v) is 9.24. The van der Waals surface area contributed by atoms with Crippen LogP contribution in [0.1, 0.15) is 15.9 Å². The number of hydrogen-bond acceptors (Lipinski definition) is 2. The number of carbonyl (C=O) groups excluding carboxylic acids is 1. The summed E-state index contributed by atoms with van der Waals surface area (Å²) in [5.74, 6) is -2.12. The predicted molar refractivity (Wildman–Crippen MR) is 107 cm³/mol. The second-order valence-electron chi connectivity index (χ2n) is 6.28. The van der Waals surface area contributed by atoms with Crippen molar-refractivity contribution in [2.75, 3.05) is 5.32 Å². The Balaban J connectivity index is 1.90. The van der Waals surface area contributed by atoms with Crippen LogP contribution in [-0.2, 0) is 0 Å². The lowest BCUT2D eigenvalue weighted by Crippen LogP contribution is -2.14. The predicted octanol–water partition coefficient (Wildman–Crippen LogP) is 5.60. The van der Waals surface area contributed by atoms with Gasteiger partial charge < -0.3 is 5.32 Å². The highest BCUT2D eigenvalue weighted by molar-refractivity contribution is 9.10. The normalized spacial score (nSPS) is 11.0. The lowest BCUT2D eigenvalue weighted by molar-refractivity contribution is 0.102. The van der Waals surface area contributed by atoms with Gasteiger partial charge in [0.2, 0.25) is 0 Å². The van der Waals surface area contributed by atoms with Crippen molar-refractivity contribution in [3.05, 3.63) is 88.0 Å². The number of benzene rings is 2. The summed E-state index contributed by atoms with van der Waals surface area (Å²) in [6.45, 7) is 1.90. The van der Waals surface area contributed by atoms with Gasteiger partial charge in [-0.15, -0.1) is 0 Å². The molecular weight excluding hydrogens is 428 g/mol. The van der Waals surface area contributed by atoms with Gasteiger partial charge in [0.05, 0.1) is 5.56 Å². The summed E-state index contributed by atoms with van der Waals surface area (Å²) in [4.78, 5) is 17.3. The number of pyridine rings is 1. The summed E-state index contributed by atoms with van der Waals surface area (Å²) in [7, 11) is 0. The smallest absolute Gasteiger partial charge is 0.257 e. The number of hydrogen-bond donors (Lipinski definition) is 1. The van der Waals surface area contributed by atoms with E-state index in [4.69, 9.17) is 0 Å². The fraction of sp³-hybridized carbons (Fsp3) is 0.0476. The van der Waals surface area contributed by atoms with Crippen LogP contribution in [0.4, 0.5) is 14.6 Å². The van der Waals surface area contributed by atoms with Gasteiger partial charge in [-0.2, -0.15) is 0 Å². The Labute approximate surface area is 168 Å². The van der Waals surface area contributed by atoms with Gasteiger partial charge in [-0.1, -0.05) is 18.2 Å². The topological polar surface area (TPSA) is 46.4 Å². The third kappa shape index (κ3) is 3.18. The molecule has 0 fully saturated rings. The molecule has 0 aliphatic carbocycles. The Bertz CT molecular complexity index is 1220. The van der Waals surface area contributed by atoms with E-state index in [1.165, 1.54) is 12.1 Å². The summed E-state index contributed by atoms with van der Waals surface area (Å²) < 4.78 is 30.5. The first-order chi connectivity index (χ1) is 13.5. The molecule has 4 nitrogen and oxygen atoms in total. The van der Waals surface area contributed by atoms with Gasteiger partial charge in [0.15, 0.2) is 11.6 Å². The van der Waals surface area contributed by atoms with E-state index in [9.17, 15) is 13.6 Å². The lowest BCUT2D eigenvalue weighted by Gasteiger charge is -2.10. The molecule has 0 saturated heterocycles. The molecule has 0 aliphatic rings. The second kappa shape index (κ2) is 7.16. The first-order valence-electron chi connectivity index (χ1n) is 8.44. The van der Waals surface area contributed by atoms with Gasteiger partial charge in [-0.05, 0) is 64.8 Å². The molecule has 0 atom stereocenters. The summed E-state index contributed by atoms with van der Waals surface area (Å²) in [5, 5.41) is 2.80. The second-order valence-corrected chi connectivity index (χ2v) is 7.13. The van der Waals surface area contributed by atoms with Crippen LogP contribution in [0.2, 0.25) is 0 Å². The molecule has 2 aromatic heterocycles. The van der Waals surface area contributed by atoms with Crippen molar-refractivity contribution in [1.82, 2.24) is 9.38 Å². The minimum atomic E-state index is -1.01.